The molecule has 0 spiro atoms. The molecule has 3 aromatic rings. The van der Waals surface area contributed by atoms with Crippen molar-refractivity contribution in [3.8, 4) is 0 Å². The lowest BCUT2D eigenvalue weighted by atomic mass is 10.0. The zero-order chi connectivity index (χ0) is 13.6. The van der Waals surface area contributed by atoms with Crippen LogP contribution in [0.3, 0.4) is 0 Å². The van der Waals surface area contributed by atoms with Crippen LogP contribution in [0.2, 0.25) is 0 Å². The summed E-state index contributed by atoms with van der Waals surface area (Å²) < 4.78 is 5.37. The molecule has 100 valence electrons. The van der Waals surface area contributed by atoms with E-state index < -0.39 is 0 Å². The minimum Gasteiger partial charge on any atom is -0.468 e. The van der Waals surface area contributed by atoms with Crippen LogP contribution in [0.5, 0.6) is 0 Å². The van der Waals surface area contributed by atoms with Gasteiger partial charge in [0.25, 0.3) is 0 Å². The zero-order valence-corrected chi connectivity index (χ0v) is 11.1. The van der Waals surface area contributed by atoms with Gasteiger partial charge in [-0.2, -0.15) is 0 Å². The first-order chi connectivity index (χ1) is 9.93. The van der Waals surface area contributed by atoms with Gasteiger partial charge in [0.05, 0.1) is 24.5 Å². The first-order valence-corrected chi connectivity index (χ1v) is 6.65. The average molecular weight is 264 g/mol. The van der Waals surface area contributed by atoms with E-state index >= 15 is 0 Å². The zero-order valence-electron chi connectivity index (χ0n) is 11.1. The van der Waals surface area contributed by atoms with E-state index in [2.05, 4.69) is 22.4 Å². The molecular formula is C17H16N2O. The molecule has 20 heavy (non-hydrogen) atoms. The van der Waals surface area contributed by atoms with Gasteiger partial charge >= 0.3 is 0 Å². The van der Waals surface area contributed by atoms with E-state index in [1.165, 1.54) is 5.56 Å². The highest BCUT2D eigenvalue weighted by Gasteiger charge is 2.14. The smallest absolute Gasteiger partial charge is 0.117 e. The molecule has 2 aromatic heterocycles. The Labute approximate surface area is 118 Å². The number of nitrogens with one attached hydrogen (secondary N) is 1. The summed E-state index contributed by atoms with van der Waals surface area (Å²) in [6.45, 7) is 0.670. The number of hydrogen-bond donors (Lipinski definition) is 1. The van der Waals surface area contributed by atoms with Gasteiger partial charge in [0.2, 0.25) is 0 Å². The molecular weight excluding hydrogens is 248 g/mol. The molecule has 0 amide bonds. The molecule has 1 atom stereocenters. The van der Waals surface area contributed by atoms with Crippen LogP contribution < -0.4 is 5.32 Å². The highest BCUT2D eigenvalue weighted by molar-refractivity contribution is 5.27. The van der Waals surface area contributed by atoms with E-state index in [4.69, 9.17) is 4.42 Å². The minimum absolute atomic E-state index is 0.0579. The number of aromatic nitrogens is 1. The number of furan rings is 1. The second-order valence-corrected chi connectivity index (χ2v) is 4.56. The normalized spacial score (nSPS) is 12.2. The number of hydrogen-bond acceptors (Lipinski definition) is 3. The molecule has 1 N–H and O–H groups in total. The molecule has 2 heterocycles. The molecule has 0 aliphatic heterocycles. The third kappa shape index (κ3) is 2.95. The lowest BCUT2D eigenvalue weighted by Gasteiger charge is -2.18. The predicted octanol–water partition coefficient (Wildman–Crippen LogP) is 3.55. The fourth-order valence-corrected chi connectivity index (χ4v) is 2.20. The molecule has 1 unspecified atom stereocenters. The predicted molar refractivity (Wildman–Crippen MR) is 78.1 cm³/mol. The largest absolute Gasteiger partial charge is 0.468 e. The summed E-state index contributed by atoms with van der Waals surface area (Å²) >= 11 is 0. The van der Waals surface area contributed by atoms with Crippen molar-refractivity contribution in [2.75, 3.05) is 0 Å². The van der Waals surface area contributed by atoms with Gasteiger partial charge in [-0.3, -0.25) is 10.3 Å². The summed E-state index contributed by atoms with van der Waals surface area (Å²) in [4.78, 5) is 4.46. The Kier molecular flexibility index (Phi) is 3.90. The van der Waals surface area contributed by atoms with Crippen molar-refractivity contribution >= 4 is 0 Å². The van der Waals surface area contributed by atoms with Gasteiger partial charge in [-0.25, -0.2) is 0 Å². The number of pyridine rings is 1. The van der Waals surface area contributed by atoms with Crippen molar-refractivity contribution in [1.29, 1.82) is 0 Å². The van der Waals surface area contributed by atoms with Gasteiger partial charge < -0.3 is 4.42 Å². The van der Waals surface area contributed by atoms with Crippen molar-refractivity contribution in [2.24, 2.45) is 0 Å². The van der Waals surface area contributed by atoms with E-state index in [0.29, 0.717) is 6.54 Å². The average Bonchev–Trinajstić information content (AvgIpc) is 3.03. The molecule has 0 saturated carbocycles. The summed E-state index contributed by atoms with van der Waals surface area (Å²) in [5.41, 5.74) is 2.20. The quantitative estimate of drug-likeness (QED) is 0.765. The second kappa shape index (κ2) is 6.17. The first kappa shape index (κ1) is 12.6. The van der Waals surface area contributed by atoms with E-state index in [9.17, 15) is 0 Å². The van der Waals surface area contributed by atoms with Gasteiger partial charge in [0, 0.05) is 6.20 Å². The maximum Gasteiger partial charge on any atom is 0.117 e. The van der Waals surface area contributed by atoms with Crippen LogP contribution in [-0.2, 0) is 6.54 Å². The summed E-state index contributed by atoms with van der Waals surface area (Å²) in [5, 5.41) is 3.50. The van der Waals surface area contributed by atoms with Crippen LogP contribution in [0, 0.1) is 0 Å². The van der Waals surface area contributed by atoms with E-state index in [-0.39, 0.29) is 6.04 Å². The van der Waals surface area contributed by atoms with Gasteiger partial charge in [0.1, 0.15) is 5.76 Å². The highest BCUT2D eigenvalue weighted by Crippen LogP contribution is 2.20. The standard InChI is InChI=1S/C17H16N2O/c1-2-7-14(8-3-1)17(16-10-4-5-11-18-16)19-13-15-9-6-12-20-15/h1-12,17,19H,13H2. The molecule has 1 aromatic carbocycles. The Balaban J connectivity index is 1.84. The maximum absolute atomic E-state index is 5.37. The Morgan fingerprint density at radius 3 is 2.50 bits per heavy atom. The van der Waals surface area contributed by atoms with Crippen molar-refractivity contribution in [1.82, 2.24) is 10.3 Å². The Morgan fingerprint density at radius 2 is 1.80 bits per heavy atom. The molecule has 0 radical (unpaired) electrons. The van der Waals surface area contributed by atoms with Crippen molar-refractivity contribution in [3.63, 3.8) is 0 Å². The Morgan fingerprint density at radius 1 is 0.950 bits per heavy atom. The van der Waals surface area contributed by atoms with Crippen molar-refractivity contribution in [3.05, 3.63) is 90.1 Å². The first-order valence-electron chi connectivity index (χ1n) is 6.65. The van der Waals surface area contributed by atoms with Crippen molar-refractivity contribution in [2.45, 2.75) is 12.6 Å². The molecule has 3 nitrogen and oxygen atoms in total. The molecule has 3 heteroatoms. The van der Waals surface area contributed by atoms with Crippen LogP contribution in [0.4, 0.5) is 0 Å². The Hall–Kier alpha value is -2.39. The lowest BCUT2D eigenvalue weighted by Crippen LogP contribution is -2.22. The number of nitrogens with zero attached hydrogens (tertiary/aromatic N) is 1. The molecule has 0 bridgehead atoms. The summed E-state index contributed by atoms with van der Waals surface area (Å²) in [6.07, 6.45) is 3.51. The molecule has 0 aliphatic rings. The van der Waals surface area contributed by atoms with E-state index in [1.807, 2.05) is 54.7 Å². The van der Waals surface area contributed by atoms with Gasteiger partial charge in [-0.1, -0.05) is 36.4 Å². The third-order valence-corrected chi connectivity index (χ3v) is 3.18. The molecule has 3 rings (SSSR count). The van der Waals surface area contributed by atoms with Gasteiger partial charge in [-0.15, -0.1) is 0 Å². The second-order valence-electron chi connectivity index (χ2n) is 4.56. The summed E-state index contributed by atoms with van der Waals surface area (Å²) in [7, 11) is 0. The fraction of sp³-hybridized carbons (Fsp3) is 0.118. The number of rotatable bonds is 5. The third-order valence-electron chi connectivity index (χ3n) is 3.18. The summed E-state index contributed by atoms with van der Waals surface area (Å²) in [6, 6.07) is 20.2. The van der Waals surface area contributed by atoms with Gasteiger partial charge in [0.15, 0.2) is 0 Å². The monoisotopic (exact) mass is 264 g/mol. The topological polar surface area (TPSA) is 38.1 Å². The Bertz CT molecular complexity index is 581. The van der Waals surface area contributed by atoms with Crippen LogP contribution in [-0.4, -0.2) is 4.98 Å². The van der Waals surface area contributed by atoms with E-state index in [0.717, 1.165) is 11.5 Å². The molecule has 0 saturated heterocycles. The highest BCUT2D eigenvalue weighted by atomic mass is 16.3. The van der Waals surface area contributed by atoms with Crippen molar-refractivity contribution < 1.29 is 4.42 Å². The lowest BCUT2D eigenvalue weighted by molar-refractivity contribution is 0.466. The van der Waals surface area contributed by atoms with Crippen LogP contribution in [0.25, 0.3) is 0 Å². The number of benzene rings is 1. The van der Waals surface area contributed by atoms with Crippen LogP contribution in [0.15, 0.2) is 77.5 Å². The molecule has 0 fully saturated rings. The summed E-state index contributed by atoms with van der Waals surface area (Å²) in [5.74, 6) is 0.918. The van der Waals surface area contributed by atoms with Gasteiger partial charge in [-0.05, 0) is 29.8 Å². The van der Waals surface area contributed by atoms with Crippen LogP contribution >= 0.6 is 0 Å². The maximum atomic E-state index is 5.37. The molecule has 0 aliphatic carbocycles. The van der Waals surface area contributed by atoms with E-state index in [1.54, 1.807) is 6.26 Å². The SMILES string of the molecule is c1ccc(C(NCc2ccco2)c2ccccn2)cc1. The van der Waals surface area contributed by atoms with Crippen LogP contribution in [0.1, 0.15) is 23.1 Å². The fourth-order valence-electron chi connectivity index (χ4n) is 2.20. The minimum atomic E-state index is 0.0579.